The first-order valence-corrected chi connectivity index (χ1v) is 10.8. The van der Waals surface area contributed by atoms with Crippen LogP contribution in [0.2, 0.25) is 0 Å². The van der Waals surface area contributed by atoms with Crippen LogP contribution in [-0.2, 0) is 11.3 Å². The number of ether oxygens (including phenoxy) is 1. The molecule has 1 aromatic heterocycles. The molecule has 0 aliphatic rings. The highest BCUT2D eigenvalue weighted by molar-refractivity contribution is 5.93. The van der Waals surface area contributed by atoms with Gasteiger partial charge in [-0.3, -0.25) is 0 Å². The highest BCUT2D eigenvalue weighted by atomic mass is 16.5. The number of carbonyl (C=O) groups excluding carboxylic acids is 1. The molecule has 1 heterocycles. The Hall–Kier alpha value is -3.80. The summed E-state index contributed by atoms with van der Waals surface area (Å²) in [6.45, 7) is 6.91. The fourth-order valence-electron chi connectivity index (χ4n) is 3.66. The Morgan fingerprint density at radius 1 is 1.03 bits per heavy atom. The van der Waals surface area contributed by atoms with Crippen LogP contribution in [0.5, 0.6) is 0 Å². The van der Waals surface area contributed by atoms with E-state index in [4.69, 9.17) is 4.74 Å². The average molecular weight is 429 g/mol. The number of amides is 1. The monoisotopic (exact) mass is 428 g/mol. The smallest absolute Gasteiger partial charge is 0.407 e. The summed E-state index contributed by atoms with van der Waals surface area (Å²) in [4.78, 5) is 12.1. The topological polar surface area (TPSA) is 68.2 Å². The number of fused-ring (bicyclic) bond motifs is 1. The highest BCUT2D eigenvalue weighted by Gasteiger charge is 2.13. The molecule has 0 saturated heterocycles. The van der Waals surface area contributed by atoms with E-state index < -0.39 is 6.09 Å². The second-order valence-corrected chi connectivity index (χ2v) is 8.13. The second kappa shape index (κ2) is 9.56. The third-order valence-electron chi connectivity index (χ3n) is 5.25. The van der Waals surface area contributed by atoms with Crippen molar-refractivity contribution in [2.45, 2.75) is 33.4 Å². The minimum atomic E-state index is -0.426. The van der Waals surface area contributed by atoms with Crippen molar-refractivity contribution in [1.29, 1.82) is 0 Å². The van der Waals surface area contributed by atoms with E-state index in [0.29, 0.717) is 6.54 Å². The number of hydrogen-bond acceptors (Lipinski definition) is 4. The Labute approximate surface area is 188 Å². The van der Waals surface area contributed by atoms with Crippen LogP contribution in [0.25, 0.3) is 16.6 Å². The summed E-state index contributed by atoms with van der Waals surface area (Å²) in [5, 5.41) is 12.0. The molecule has 2 N–H and O–H groups in total. The molecule has 164 valence electrons. The third kappa shape index (κ3) is 5.09. The molecule has 0 bridgehead atoms. The lowest BCUT2D eigenvalue weighted by Gasteiger charge is -2.16. The van der Waals surface area contributed by atoms with Crippen LogP contribution < -0.4 is 10.6 Å². The number of alkyl carbamates (subject to hydrolysis) is 1. The van der Waals surface area contributed by atoms with Crippen molar-refractivity contribution >= 4 is 22.7 Å². The number of rotatable bonds is 7. The number of nitrogens with one attached hydrogen (secondary N) is 2. The zero-order valence-electron chi connectivity index (χ0n) is 18.6. The van der Waals surface area contributed by atoms with Gasteiger partial charge in [0.15, 0.2) is 0 Å². The molecule has 0 saturated carbocycles. The molecular formula is C26H28N4O2. The molecule has 4 aromatic rings. The third-order valence-corrected chi connectivity index (χ3v) is 5.25. The van der Waals surface area contributed by atoms with Crippen molar-refractivity contribution in [3.8, 4) is 5.69 Å². The number of aromatic nitrogens is 2. The summed E-state index contributed by atoms with van der Waals surface area (Å²) in [5.41, 5.74) is 6.36. The van der Waals surface area contributed by atoms with Gasteiger partial charge in [0, 0.05) is 23.7 Å². The first-order valence-electron chi connectivity index (χ1n) is 10.8. The molecule has 1 atom stereocenters. The SMILES string of the molecule is Cc1cccc(-n2ncc3c(NCC(C)NC(=O)OCc4ccccc4)cc(C)cc32)c1. The molecule has 6 heteroatoms. The molecule has 4 rings (SSSR count). The Morgan fingerprint density at radius 2 is 1.84 bits per heavy atom. The summed E-state index contributed by atoms with van der Waals surface area (Å²) < 4.78 is 7.27. The maximum absolute atomic E-state index is 12.1. The summed E-state index contributed by atoms with van der Waals surface area (Å²) in [7, 11) is 0. The molecule has 1 unspecified atom stereocenters. The van der Waals surface area contributed by atoms with E-state index in [2.05, 4.69) is 59.9 Å². The van der Waals surface area contributed by atoms with Crippen molar-refractivity contribution in [3.05, 3.63) is 89.6 Å². The van der Waals surface area contributed by atoms with E-state index in [1.807, 2.05) is 54.2 Å². The van der Waals surface area contributed by atoms with Gasteiger partial charge in [-0.1, -0.05) is 42.5 Å². The minimum Gasteiger partial charge on any atom is -0.445 e. The van der Waals surface area contributed by atoms with E-state index >= 15 is 0 Å². The van der Waals surface area contributed by atoms with Crippen LogP contribution in [0.3, 0.4) is 0 Å². The lowest BCUT2D eigenvalue weighted by atomic mass is 10.1. The maximum atomic E-state index is 12.1. The predicted octanol–water partition coefficient (Wildman–Crippen LogP) is 5.37. The maximum Gasteiger partial charge on any atom is 0.407 e. The van der Waals surface area contributed by atoms with Crippen LogP contribution in [0.1, 0.15) is 23.6 Å². The first-order chi connectivity index (χ1) is 15.5. The van der Waals surface area contributed by atoms with Crippen molar-refractivity contribution in [3.63, 3.8) is 0 Å². The van der Waals surface area contributed by atoms with Crippen molar-refractivity contribution in [2.24, 2.45) is 0 Å². The van der Waals surface area contributed by atoms with Crippen molar-refractivity contribution in [2.75, 3.05) is 11.9 Å². The Kier molecular flexibility index (Phi) is 6.40. The molecule has 0 aliphatic carbocycles. The number of benzene rings is 3. The molecule has 0 aliphatic heterocycles. The van der Waals surface area contributed by atoms with Crippen LogP contribution in [0.4, 0.5) is 10.5 Å². The number of anilines is 1. The zero-order chi connectivity index (χ0) is 22.5. The quantitative estimate of drug-likeness (QED) is 0.415. The fraction of sp³-hybridized carbons (Fsp3) is 0.231. The molecule has 32 heavy (non-hydrogen) atoms. The fourth-order valence-corrected chi connectivity index (χ4v) is 3.66. The van der Waals surface area contributed by atoms with Gasteiger partial charge in [0.05, 0.1) is 17.4 Å². The van der Waals surface area contributed by atoms with E-state index in [1.54, 1.807) is 0 Å². The second-order valence-electron chi connectivity index (χ2n) is 8.13. The van der Waals surface area contributed by atoms with Crippen LogP contribution in [0.15, 0.2) is 72.9 Å². The standard InChI is InChI=1S/C26H28N4O2/c1-18-8-7-11-22(12-18)30-25-14-19(2)13-24(23(25)16-28-30)27-15-20(3)29-26(31)32-17-21-9-5-4-6-10-21/h4-14,16,20,27H,15,17H2,1-3H3,(H,29,31). The van der Waals surface area contributed by atoms with Crippen LogP contribution in [0, 0.1) is 13.8 Å². The van der Waals surface area contributed by atoms with Gasteiger partial charge in [-0.2, -0.15) is 5.10 Å². The molecule has 0 radical (unpaired) electrons. The number of nitrogens with zero attached hydrogens (tertiary/aromatic N) is 2. The number of hydrogen-bond donors (Lipinski definition) is 2. The lowest BCUT2D eigenvalue weighted by molar-refractivity contribution is 0.137. The Morgan fingerprint density at radius 3 is 2.62 bits per heavy atom. The van der Waals surface area contributed by atoms with Gasteiger partial charge in [0.1, 0.15) is 6.61 Å². The number of aryl methyl sites for hydroxylation is 2. The normalized spacial score (nSPS) is 11.8. The van der Waals surface area contributed by atoms with Gasteiger partial charge in [-0.25, -0.2) is 9.48 Å². The molecule has 0 spiro atoms. The van der Waals surface area contributed by atoms with E-state index in [-0.39, 0.29) is 12.6 Å². The van der Waals surface area contributed by atoms with Crippen LogP contribution in [-0.4, -0.2) is 28.5 Å². The van der Waals surface area contributed by atoms with E-state index in [0.717, 1.165) is 33.4 Å². The van der Waals surface area contributed by atoms with Gasteiger partial charge in [-0.05, 0) is 61.7 Å². The van der Waals surface area contributed by atoms with Crippen molar-refractivity contribution in [1.82, 2.24) is 15.1 Å². The summed E-state index contributed by atoms with van der Waals surface area (Å²) >= 11 is 0. The van der Waals surface area contributed by atoms with Gasteiger partial charge < -0.3 is 15.4 Å². The molecule has 0 fully saturated rings. The van der Waals surface area contributed by atoms with Gasteiger partial charge in [-0.15, -0.1) is 0 Å². The zero-order valence-corrected chi connectivity index (χ0v) is 18.6. The van der Waals surface area contributed by atoms with E-state index in [9.17, 15) is 4.79 Å². The van der Waals surface area contributed by atoms with Gasteiger partial charge in [0.25, 0.3) is 0 Å². The predicted molar refractivity (Wildman–Crippen MR) is 128 cm³/mol. The summed E-state index contributed by atoms with van der Waals surface area (Å²) in [5.74, 6) is 0. The highest BCUT2D eigenvalue weighted by Crippen LogP contribution is 2.27. The van der Waals surface area contributed by atoms with Gasteiger partial charge >= 0.3 is 6.09 Å². The van der Waals surface area contributed by atoms with Crippen LogP contribution >= 0.6 is 0 Å². The summed E-state index contributed by atoms with van der Waals surface area (Å²) in [6, 6.07) is 22.1. The average Bonchev–Trinajstić information content (AvgIpc) is 3.20. The molecular weight excluding hydrogens is 400 g/mol. The molecule has 1 amide bonds. The summed E-state index contributed by atoms with van der Waals surface area (Å²) in [6.07, 6.45) is 1.45. The Bertz CT molecular complexity index is 1220. The largest absolute Gasteiger partial charge is 0.445 e. The van der Waals surface area contributed by atoms with E-state index in [1.165, 1.54) is 5.56 Å². The first kappa shape index (κ1) is 21.4. The lowest BCUT2D eigenvalue weighted by Crippen LogP contribution is -2.37. The van der Waals surface area contributed by atoms with Crippen molar-refractivity contribution < 1.29 is 9.53 Å². The molecule has 3 aromatic carbocycles. The number of carbonyl (C=O) groups is 1. The Balaban J connectivity index is 1.41. The van der Waals surface area contributed by atoms with Gasteiger partial charge in [0.2, 0.25) is 0 Å². The molecule has 6 nitrogen and oxygen atoms in total. The minimum absolute atomic E-state index is 0.111.